The summed E-state index contributed by atoms with van der Waals surface area (Å²) in [4.78, 5) is 10.4. The lowest BCUT2D eigenvalue weighted by molar-refractivity contribution is -0.383. The molecule has 7 heteroatoms. The summed E-state index contributed by atoms with van der Waals surface area (Å²) >= 11 is 0. The van der Waals surface area contributed by atoms with Gasteiger partial charge in [0.2, 0.25) is 0 Å². The van der Waals surface area contributed by atoms with Crippen LogP contribution in [-0.4, -0.2) is 38.4 Å². The summed E-state index contributed by atoms with van der Waals surface area (Å²) in [6.45, 7) is 1.93. The van der Waals surface area contributed by atoms with Gasteiger partial charge < -0.3 is 20.5 Å². The molecule has 0 amide bonds. The zero-order valence-corrected chi connectivity index (χ0v) is 10.2. The first kappa shape index (κ1) is 14.2. The molecule has 0 unspecified atom stereocenters. The van der Waals surface area contributed by atoms with Gasteiger partial charge in [0, 0.05) is 13.7 Å². The van der Waals surface area contributed by atoms with Crippen molar-refractivity contribution in [1.29, 1.82) is 0 Å². The normalized spacial score (nSPS) is 10.3. The van der Waals surface area contributed by atoms with Crippen LogP contribution in [0.3, 0.4) is 0 Å². The lowest BCUT2D eigenvalue weighted by Gasteiger charge is -2.08. The van der Waals surface area contributed by atoms with E-state index in [0.717, 1.165) is 0 Å². The summed E-state index contributed by atoms with van der Waals surface area (Å²) in [6, 6.07) is 4.78. The van der Waals surface area contributed by atoms with E-state index in [-0.39, 0.29) is 11.4 Å². The van der Waals surface area contributed by atoms with Crippen molar-refractivity contribution >= 4 is 17.1 Å². The van der Waals surface area contributed by atoms with E-state index in [1.807, 2.05) is 0 Å². The van der Waals surface area contributed by atoms with Crippen molar-refractivity contribution in [3.8, 4) is 0 Å². The van der Waals surface area contributed by atoms with Crippen LogP contribution in [0.1, 0.15) is 0 Å². The third kappa shape index (κ3) is 4.19. The quantitative estimate of drug-likeness (QED) is 0.314. The highest BCUT2D eigenvalue weighted by atomic mass is 16.6. The van der Waals surface area contributed by atoms with Crippen LogP contribution in [-0.2, 0) is 9.47 Å². The highest BCUT2D eigenvalue weighted by molar-refractivity contribution is 5.74. The smallest absolute Gasteiger partial charge is 0.314 e. The Morgan fingerprint density at radius 2 is 2.17 bits per heavy atom. The molecule has 0 aliphatic carbocycles. The van der Waals surface area contributed by atoms with Crippen LogP contribution in [0.15, 0.2) is 18.2 Å². The largest absolute Gasteiger partial charge is 0.393 e. The molecule has 3 N–H and O–H groups in total. The Morgan fingerprint density at radius 1 is 1.39 bits per heavy atom. The Labute approximate surface area is 105 Å². The van der Waals surface area contributed by atoms with Gasteiger partial charge in [0.15, 0.2) is 0 Å². The number of rotatable bonds is 8. The van der Waals surface area contributed by atoms with Crippen LogP contribution in [0.5, 0.6) is 0 Å². The summed E-state index contributed by atoms with van der Waals surface area (Å²) in [6.07, 6.45) is 0. The molecule has 0 spiro atoms. The van der Waals surface area contributed by atoms with Crippen molar-refractivity contribution in [3.05, 3.63) is 28.3 Å². The molecule has 1 aromatic rings. The Morgan fingerprint density at radius 3 is 2.83 bits per heavy atom. The van der Waals surface area contributed by atoms with E-state index in [9.17, 15) is 10.1 Å². The van der Waals surface area contributed by atoms with Crippen molar-refractivity contribution in [2.45, 2.75) is 0 Å². The van der Waals surface area contributed by atoms with Crippen LogP contribution in [0.4, 0.5) is 17.1 Å². The predicted octanol–water partition coefficient (Wildman–Crippen LogP) is 1.25. The maximum atomic E-state index is 10.9. The standard InChI is InChI=1S/C11H17N3O4/c1-17-7-8-18-6-5-13-10-4-2-3-9(12)11(10)14(15)16/h2-4,13H,5-8,12H2,1H3. The van der Waals surface area contributed by atoms with Crippen molar-refractivity contribution in [3.63, 3.8) is 0 Å². The van der Waals surface area contributed by atoms with Gasteiger partial charge in [0.1, 0.15) is 11.4 Å². The summed E-state index contributed by atoms with van der Waals surface area (Å²) in [5.41, 5.74) is 6.00. The molecule has 18 heavy (non-hydrogen) atoms. The average molecular weight is 255 g/mol. The minimum Gasteiger partial charge on any atom is -0.393 e. The fourth-order valence-electron chi connectivity index (χ4n) is 1.41. The Balaban J connectivity index is 2.47. The number of hydrogen-bond acceptors (Lipinski definition) is 6. The highest BCUT2D eigenvalue weighted by Crippen LogP contribution is 2.30. The Bertz CT molecular complexity index is 398. The van der Waals surface area contributed by atoms with Crippen molar-refractivity contribution in [2.24, 2.45) is 0 Å². The van der Waals surface area contributed by atoms with Gasteiger partial charge >= 0.3 is 5.69 Å². The maximum absolute atomic E-state index is 10.9. The van der Waals surface area contributed by atoms with E-state index >= 15 is 0 Å². The second kappa shape index (κ2) is 7.46. The van der Waals surface area contributed by atoms with Crippen LogP contribution in [0, 0.1) is 10.1 Å². The van der Waals surface area contributed by atoms with Gasteiger partial charge in [0.25, 0.3) is 0 Å². The topological polar surface area (TPSA) is 99.7 Å². The molecule has 0 saturated heterocycles. The molecule has 0 radical (unpaired) electrons. The van der Waals surface area contributed by atoms with Crippen molar-refractivity contribution in [1.82, 2.24) is 0 Å². The summed E-state index contributed by atoms with van der Waals surface area (Å²) in [5, 5.41) is 13.8. The van der Waals surface area contributed by atoms with E-state index < -0.39 is 4.92 Å². The van der Waals surface area contributed by atoms with Gasteiger partial charge in [-0.3, -0.25) is 10.1 Å². The first-order chi connectivity index (χ1) is 8.66. The Kier molecular flexibility index (Phi) is 5.89. The fraction of sp³-hybridized carbons (Fsp3) is 0.455. The average Bonchev–Trinajstić information content (AvgIpc) is 2.33. The number of nitro benzene ring substituents is 1. The van der Waals surface area contributed by atoms with E-state index in [2.05, 4.69) is 5.32 Å². The molecule has 0 saturated carbocycles. The van der Waals surface area contributed by atoms with Gasteiger partial charge in [-0.15, -0.1) is 0 Å². The van der Waals surface area contributed by atoms with Gasteiger partial charge in [-0.05, 0) is 12.1 Å². The predicted molar refractivity (Wildman–Crippen MR) is 68.7 cm³/mol. The molecule has 7 nitrogen and oxygen atoms in total. The molecule has 1 rings (SSSR count). The van der Waals surface area contributed by atoms with E-state index in [0.29, 0.717) is 32.1 Å². The molecule has 1 aromatic carbocycles. The number of benzene rings is 1. The minimum absolute atomic E-state index is 0.102. The summed E-state index contributed by atoms with van der Waals surface area (Å²) in [7, 11) is 1.59. The molecular formula is C11H17N3O4. The summed E-state index contributed by atoms with van der Waals surface area (Å²) in [5.74, 6) is 0. The van der Waals surface area contributed by atoms with Crippen LogP contribution in [0.25, 0.3) is 0 Å². The summed E-state index contributed by atoms with van der Waals surface area (Å²) < 4.78 is 10.1. The number of nitrogens with one attached hydrogen (secondary N) is 1. The second-order valence-electron chi connectivity index (χ2n) is 3.53. The fourth-order valence-corrected chi connectivity index (χ4v) is 1.41. The second-order valence-corrected chi connectivity index (χ2v) is 3.53. The van der Waals surface area contributed by atoms with Crippen molar-refractivity contribution in [2.75, 3.05) is 44.5 Å². The zero-order chi connectivity index (χ0) is 13.4. The van der Waals surface area contributed by atoms with Gasteiger partial charge in [0.05, 0.1) is 24.7 Å². The SMILES string of the molecule is COCCOCCNc1cccc(N)c1[N+](=O)[O-]. The molecule has 0 heterocycles. The molecular weight excluding hydrogens is 238 g/mol. The third-order valence-corrected chi connectivity index (χ3v) is 2.24. The monoisotopic (exact) mass is 255 g/mol. The first-order valence-electron chi connectivity index (χ1n) is 5.50. The minimum atomic E-state index is -0.497. The van der Waals surface area contributed by atoms with Crippen LogP contribution < -0.4 is 11.1 Å². The zero-order valence-electron chi connectivity index (χ0n) is 10.2. The van der Waals surface area contributed by atoms with Gasteiger partial charge in [-0.25, -0.2) is 0 Å². The van der Waals surface area contributed by atoms with E-state index in [1.165, 1.54) is 6.07 Å². The molecule has 0 bridgehead atoms. The Hall–Kier alpha value is -1.86. The van der Waals surface area contributed by atoms with Crippen LogP contribution >= 0.6 is 0 Å². The van der Waals surface area contributed by atoms with E-state index in [1.54, 1.807) is 19.2 Å². The lowest BCUT2D eigenvalue weighted by Crippen LogP contribution is -2.13. The number of ether oxygens (including phenoxy) is 2. The van der Waals surface area contributed by atoms with Gasteiger partial charge in [-0.2, -0.15) is 0 Å². The van der Waals surface area contributed by atoms with E-state index in [4.69, 9.17) is 15.2 Å². The highest BCUT2D eigenvalue weighted by Gasteiger charge is 2.16. The van der Waals surface area contributed by atoms with Gasteiger partial charge in [-0.1, -0.05) is 6.07 Å². The molecule has 0 fully saturated rings. The number of nitrogens with two attached hydrogens (primary N) is 1. The van der Waals surface area contributed by atoms with Crippen LogP contribution in [0.2, 0.25) is 0 Å². The number of methoxy groups -OCH3 is 1. The maximum Gasteiger partial charge on any atom is 0.314 e. The molecule has 0 aromatic heterocycles. The number of hydrogen-bond donors (Lipinski definition) is 2. The molecule has 0 atom stereocenters. The molecule has 100 valence electrons. The molecule has 0 aliphatic rings. The van der Waals surface area contributed by atoms with Crippen molar-refractivity contribution < 1.29 is 14.4 Å². The third-order valence-electron chi connectivity index (χ3n) is 2.24. The number of para-hydroxylation sites is 1. The number of nitrogens with zero attached hydrogens (tertiary/aromatic N) is 1. The lowest BCUT2D eigenvalue weighted by atomic mass is 10.2. The first-order valence-corrected chi connectivity index (χ1v) is 5.50. The number of nitro groups is 1. The molecule has 0 aliphatic heterocycles. The number of anilines is 2. The number of nitrogen functional groups attached to an aromatic ring is 1.